The van der Waals surface area contributed by atoms with E-state index in [2.05, 4.69) is 10.3 Å². The second kappa shape index (κ2) is 8.62. The SMILES string of the molecule is COc1cccc(/C=C/C(=O)Nc2nc(-c3ccc(F)c(F)c3)cs2)c1OC. The average Bonchev–Trinajstić information content (AvgIpc) is 3.16. The third-order valence-corrected chi connectivity index (χ3v) is 4.56. The average molecular weight is 402 g/mol. The summed E-state index contributed by atoms with van der Waals surface area (Å²) in [5.41, 5.74) is 1.54. The van der Waals surface area contributed by atoms with Crippen molar-refractivity contribution in [2.45, 2.75) is 0 Å². The number of ether oxygens (including phenoxy) is 2. The van der Waals surface area contributed by atoms with Crippen LogP contribution in [0, 0.1) is 11.6 Å². The van der Waals surface area contributed by atoms with Gasteiger partial charge in [0.05, 0.1) is 19.9 Å². The summed E-state index contributed by atoms with van der Waals surface area (Å²) in [5.74, 6) is -1.20. The zero-order valence-corrected chi connectivity index (χ0v) is 15.8. The summed E-state index contributed by atoms with van der Waals surface area (Å²) in [4.78, 5) is 16.4. The smallest absolute Gasteiger partial charge is 0.250 e. The Bertz CT molecular complexity index is 1030. The first-order valence-electron chi connectivity index (χ1n) is 8.13. The number of methoxy groups -OCH3 is 2. The molecule has 0 saturated heterocycles. The van der Waals surface area contributed by atoms with Crippen molar-refractivity contribution in [3.05, 3.63) is 65.1 Å². The van der Waals surface area contributed by atoms with Gasteiger partial charge in [-0.05, 0) is 30.3 Å². The molecule has 2 aromatic carbocycles. The number of carbonyl (C=O) groups is 1. The van der Waals surface area contributed by atoms with Crippen molar-refractivity contribution >= 4 is 28.5 Å². The van der Waals surface area contributed by atoms with Gasteiger partial charge in [-0.3, -0.25) is 10.1 Å². The van der Waals surface area contributed by atoms with Crippen LogP contribution in [0.4, 0.5) is 13.9 Å². The number of aromatic nitrogens is 1. The second-order valence-corrected chi connectivity index (χ2v) is 6.43. The molecule has 3 aromatic rings. The van der Waals surface area contributed by atoms with Gasteiger partial charge < -0.3 is 9.47 Å². The van der Waals surface area contributed by atoms with E-state index < -0.39 is 17.5 Å². The summed E-state index contributed by atoms with van der Waals surface area (Å²) < 4.78 is 36.9. The van der Waals surface area contributed by atoms with E-state index in [0.29, 0.717) is 33.5 Å². The fourth-order valence-electron chi connectivity index (χ4n) is 2.47. The molecule has 3 rings (SSSR count). The van der Waals surface area contributed by atoms with Gasteiger partial charge >= 0.3 is 0 Å². The van der Waals surface area contributed by atoms with Gasteiger partial charge in [0.2, 0.25) is 5.91 Å². The first kappa shape index (κ1) is 19.5. The van der Waals surface area contributed by atoms with Crippen LogP contribution in [0.25, 0.3) is 17.3 Å². The maximum absolute atomic E-state index is 13.4. The van der Waals surface area contributed by atoms with Crippen LogP contribution in [-0.2, 0) is 4.79 Å². The molecule has 5 nitrogen and oxygen atoms in total. The number of anilines is 1. The minimum atomic E-state index is -0.953. The topological polar surface area (TPSA) is 60.5 Å². The van der Waals surface area contributed by atoms with Crippen molar-refractivity contribution in [2.24, 2.45) is 0 Å². The number of benzene rings is 2. The number of nitrogens with zero attached hydrogens (tertiary/aromatic N) is 1. The van der Waals surface area contributed by atoms with Crippen LogP contribution in [0.1, 0.15) is 5.56 Å². The molecule has 0 radical (unpaired) electrons. The lowest BCUT2D eigenvalue weighted by Crippen LogP contribution is -2.07. The lowest BCUT2D eigenvalue weighted by Gasteiger charge is -2.09. The summed E-state index contributed by atoms with van der Waals surface area (Å²) in [6, 6.07) is 8.85. The standard InChI is InChI=1S/C20H16F2N2O3S/c1-26-17-5-3-4-12(19(17)27-2)7-9-18(25)24-20-23-16(11-28-20)13-6-8-14(21)15(22)10-13/h3-11H,1-2H3,(H,23,24,25)/b9-7+. The summed E-state index contributed by atoms with van der Waals surface area (Å²) in [6.45, 7) is 0. The monoisotopic (exact) mass is 402 g/mol. The molecule has 0 bridgehead atoms. The molecule has 144 valence electrons. The van der Waals surface area contributed by atoms with Gasteiger partial charge in [-0.2, -0.15) is 0 Å². The van der Waals surface area contributed by atoms with E-state index in [1.807, 2.05) is 0 Å². The Labute approximate surface area is 164 Å². The molecule has 28 heavy (non-hydrogen) atoms. The minimum absolute atomic E-state index is 0.340. The minimum Gasteiger partial charge on any atom is -0.493 e. The van der Waals surface area contributed by atoms with Gasteiger partial charge in [-0.25, -0.2) is 13.8 Å². The van der Waals surface area contributed by atoms with E-state index in [-0.39, 0.29) is 0 Å². The van der Waals surface area contributed by atoms with Crippen LogP contribution >= 0.6 is 11.3 Å². The van der Waals surface area contributed by atoms with Crippen molar-refractivity contribution in [3.63, 3.8) is 0 Å². The second-order valence-electron chi connectivity index (χ2n) is 5.57. The van der Waals surface area contributed by atoms with Gasteiger partial charge in [0.15, 0.2) is 28.3 Å². The molecule has 1 N–H and O–H groups in total. The molecular weight excluding hydrogens is 386 g/mol. The summed E-state index contributed by atoms with van der Waals surface area (Å²) in [5, 5.41) is 4.63. The molecule has 0 aliphatic rings. The lowest BCUT2D eigenvalue weighted by atomic mass is 10.1. The number of rotatable bonds is 6. The Balaban J connectivity index is 1.71. The van der Waals surface area contributed by atoms with E-state index in [4.69, 9.17) is 9.47 Å². The van der Waals surface area contributed by atoms with Gasteiger partial charge in [-0.15, -0.1) is 11.3 Å². The summed E-state index contributed by atoms with van der Waals surface area (Å²) in [7, 11) is 3.05. The number of para-hydroxylation sites is 1. The van der Waals surface area contributed by atoms with Gasteiger partial charge in [0, 0.05) is 22.6 Å². The van der Waals surface area contributed by atoms with E-state index in [9.17, 15) is 13.6 Å². The number of amides is 1. The Kier molecular flexibility index (Phi) is 6.00. The number of hydrogen-bond donors (Lipinski definition) is 1. The molecule has 0 atom stereocenters. The Hall–Kier alpha value is -3.26. The fraction of sp³-hybridized carbons (Fsp3) is 0.100. The van der Waals surface area contributed by atoms with Crippen LogP contribution in [0.5, 0.6) is 11.5 Å². The number of hydrogen-bond acceptors (Lipinski definition) is 5. The highest BCUT2D eigenvalue weighted by Crippen LogP contribution is 2.31. The molecular formula is C20H16F2N2O3S. The molecule has 0 fully saturated rings. The fourth-order valence-corrected chi connectivity index (χ4v) is 3.20. The van der Waals surface area contributed by atoms with E-state index >= 15 is 0 Å². The van der Waals surface area contributed by atoms with Crippen molar-refractivity contribution in [1.82, 2.24) is 4.98 Å². The third-order valence-electron chi connectivity index (χ3n) is 3.80. The van der Waals surface area contributed by atoms with Crippen molar-refractivity contribution in [1.29, 1.82) is 0 Å². The van der Waals surface area contributed by atoms with Crippen LogP contribution in [0.15, 0.2) is 47.9 Å². The normalized spacial score (nSPS) is 10.9. The number of thiazole rings is 1. The number of halogens is 2. The highest BCUT2D eigenvalue weighted by molar-refractivity contribution is 7.14. The molecule has 1 amide bonds. The molecule has 0 aliphatic carbocycles. The van der Waals surface area contributed by atoms with Crippen LogP contribution in [0.2, 0.25) is 0 Å². The predicted molar refractivity (Wildman–Crippen MR) is 105 cm³/mol. The van der Waals surface area contributed by atoms with Crippen molar-refractivity contribution < 1.29 is 23.0 Å². The molecule has 0 aliphatic heterocycles. The molecule has 1 aromatic heterocycles. The predicted octanol–water partition coefficient (Wildman–Crippen LogP) is 4.76. The largest absolute Gasteiger partial charge is 0.493 e. The van der Waals surface area contributed by atoms with E-state index in [0.717, 1.165) is 12.1 Å². The van der Waals surface area contributed by atoms with Crippen LogP contribution < -0.4 is 14.8 Å². The van der Waals surface area contributed by atoms with Crippen molar-refractivity contribution in [3.8, 4) is 22.8 Å². The highest BCUT2D eigenvalue weighted by Gasteiger charge is 2.10. The van der Waals surface area contributed by atoms with Crippen molar-refractivity contribution in [2.75, 3.05) is 19.5 Å². The Morgan fingerprint density at radius 2 is 1.96 bits per heavy atom. The maximum Gasteiger partial charge on any atom is 0.250 e. The van der Waals surface area contributed by atoms with Gasteiger partial charge in [0.1, 0.15) is 0 Å². The van der Waals surface area contributed by atoms with Gasteiger partial charge in [-0.1, -0.05) is 12.1 Å². The molecule has 0 saturated carbocycles. The van der Waals surface area contributed by atoms with E-state index in [1.165, 1.54) is 37.7 Å². The summed E-state index contributed by atoms with van der Waals surface area (Å²) in [6.07, 6.45) is 2.94. The highest BCUT2D eigenvalue weighted by atomic mass is 32.1. The Morgan fingerprint density at radius 3 is 2.68 bits per heavy atom. The molecule has 8 heteroatoms. The zero-order chi connectivity index (χ0) is 20.1. The first-order valence-corrected chi connectivity index (χ1v) is 9.00. The van der Waals surface area contributed by atoms with Crippen LogP contribution in [0.3, 0.4) is 0 Å². The first-order chi connectivity index (χ1) is 13.5. The Morgan fingerprint density at radius 1 is 1.14 bits per heavy atom. The zero-order valence-electron chi connectivity index (χ0n) is 15.0. The number of carbonyl (C=O) groups excluding carboxylic acids is 1. The summed E-state index contributed by atoms with van der Waals surface area (Å²) >= 11 is 1.18. The lowest BCUT2D eigenvalue weighted by molar-refractivity contribution is -0.111. The molecule has 0 spiro atoms. The third kappa shape index (κ3) is 4.34. The quantitative estimate of drug-likeness (QED) is 0.604. The number of nitrogens with one attached hydrogen (secondary N) is 1. The molecule has 1 heterocycles. The van der Waals surface area contributed by atoms with Gasteiger partial charge in [0.25, 0.3) is 0 Å². The van der Waals surface area contributed by atoms with E-state index in [1.54, 1.807) is 29.7 Å². The van der Waals surface area contributed by atoms with Crippen LogP contribution in [-0.4, -0.2) is 25.1 Å². The maximum atomic E-state index is 13.4. The molecule has 0 unspecified atom stereocenters.